The summed E-state index contributed by atoms with van der Waals surface area (Å²) in [5.74, 6) is 6.62. The molecule has 0 radical (unpaired) electrons. The molecule has 1 N–H and O–H groups in total. The number of nitrogens with one attached hydrogen (secondary N) is 1. The SMILES string of the molecule is Cc1cc(C#Cc2ccncc2)c2[nH]c3c(c2c1)CCN(C)CC3. The number of hydrogen-bond acceptors (Lipinski definition) is 2. The molecule has 120 valence electrons. The fraction of sp³-hybridized carbons (Fsp3) is 0.286. The molecule has 3 heteroatoms. The second-order valence-corrected chi connectivity index (χ2v) is 6.61. The lowest BCUT2D eigenvalue weighted by molar-refractivity contribution is 0.352. The van der Waals surface area contributed by atoms with Gasteiger partial charge in [0.15, 0.2) is 0 Å². The first-order chi connectivity index (χ1) is 11.7. The summed E-state index contributed by atoms with van der Waals surface area (Å²) in [4.78, 5) is 10.1. The highest BCUT2D eigenvalue weighted by molar-refractivity contribution is 5.90. The van der Waals surface area contributed by atoms with Crippen LogP contribution < -0.4 is 0 Å². The molecule has 0 aliphatic carbocycles. The van der Waals surface area contributed by atoms with Crippen molar-refractivity contribution in [1.82, 2.24) is 14.9 Å². The Morgan fingerprint density at radius 1 is 1.08 bits per heavy atom. The molecule has 0 unspecified atom stereocenters. The molecule has 24 heavy (non-hydrogen) atoms. The molecule has 0 atom stereocenters. The van der Waals surface area contributed by atoms with Crippen LogP contribution in [-0.4, -0.2) is 35.0 Å². The molecule has 0 saturated carbocycles. The summed E-state index contributed by atoms with van der Waals surface area (Å²) in [7, 11) is 2.20. The molecular weight excluding hydrogens is 294 g/mol. The molecule has 0 saturated heterocycles. The summed E-state index contributed by atoms with van der Waals surface area (Å²) in [6.07, 6.45) is 5.75. The highest BCUT2D eigenvalue weighted by atomic mass is 15.1. The first kappa shape index (κ1) is 15.0. The molecule has 1 aliphatic rings. The van der Waals surface area contributed by atoms with Crippen LogP contribution in [0.5, 0.6) is 0 Å². The van der Waals surface area contributed by atoms with E-state index in [1.165, 1.54) is 27.7 Å². The first-order valence-corrected chi connectivity index (χ1v) is 8.45. The Balaban J connectivity index is 1.83. The van der Waals surface area contributed by atoms with E-state index in [1.807, 2.05) is 12.1 Å². The Labute approximate surface area is 142 Å². The number of aromatic amines is 1. The number of fused-ring (bicyclic) bond motifs is 3. The van der Waals surface area contributed by atoms with Gasteiger partial charge in [-0.1, -0.05) is 11.8 Å². The van der Waals surface area contributed by atoms with Gasteiger partial charge in [-0.25, -0.2) is 0 Å². The highest BCUT2D eigenvalue weighted by Gasteiger charge is 2.17. The molecular formula is C21H21N3. The third-order valence-corrected chi connectivity index (χ3v) is 4.76. The van der Waals surface area contributed by atoms with Crippen LogP contribution in [0.4, 0.5) is 0 Å². The van der Waals surface area contributed by atoms with Crippen molar-refractivity contribution < 1.29 is 0 Å². The molecule has 1 aliphatic heterocycles. The molecule has 3 heterocycles. The van der Waals surface area contributed by atoms with Gasteiger partial charge in [0.1, 0.15) is 0 Å². The van der Waals surface area contributed by atoms with Gasteiger partial charge in [0, 0.05) is 54.1 Å². The topological polar surface area (TPSA) is 31.9 Å². The fourth-order valence-corrected chi connectivity index (χ4v) is 3.44. The van der Waals surface area contributed by atoms with Crippen LogP contribution in [0, 0.1) is 18.8 Å². The maximum atomic E-state index is 4.05. The molecule has 3 aromatic rings. The second kappa shape index (κ2) is 6.14. The number of nitrogens with zero attached hydrogens (tertiary/aromatic N) is 2. The van der Waals surface area contributed by atoms with Gasteiger partial charge in [0.05, 0.1) is 5.52 Å². The minimum absolute atomic E-state index is 0.995. The molecule has 1 aromatic carbocycles. The minimum atomic E-state index is 0.995. The predicted octanol–water partition coefficient (Wildman–Crippen LogP) is 3.30. The van der Waals surface area contributed by atoms with Crippen molar-refractivity contribution in [1.29, 1.82) is 0 Å². The number of H-pyrrole nitrogens is 1. The van der Waals surface area contributed by atoms with Gasteiger partial charge in [-0.3, -0.25) is 4.98 Å². The summed E-state index contributed by atoms with van der Waals surface area (Å²) in [5.41, 5.74) is 7.40. The minimum Gasteiger partial charge on any atom is -0.357 e. The third-order valence-electron chi connectivity index (χ3n) is 4.76. The van der Waals surface area contributed by atoms with Crippen molar-refractivity contribution >= 4 is 10.9 Å². The number of rotatable bonds is 0. The quantitative estimate of drug-likeness (QED) is 0.646. The third kappa shape index (κ3) is 2.81. The zero-order chi connectivity index (χ0) is 16.5. The Morgan fingerprint density at radius 3 is 2.71 bits per heavy atom. The molecule has 4 rings (SSSR count). The van der Waals surface area contributed by atoms with Crippen molar-refractivity contribution in [2.24, 2.45) is 0 Å². The predicted molar refractivity (Wildman–Crippen MR) is 98.2 cm³/mol. The molecule has 2 aromatic heterocycles. The van der Waals surface area contributed by atoms with Crippen molar-refractivity contribution in [2.45, 2.75) is 19.8 Å². The number of benzene rings is 1. The fourth-order valence-electron chi connectivity index (χ4n) is 3.44. The van der Waals surface area contributed by atoms with E-state index in [4.69, 9.17) is 0 Å². The monoisotopic (exact) mass is 315 g/mol. The molecule has 3 nitrogen and oxygen atoms in total. The highest BCUT2D eigenvalue weighted by Crippen LogP contribution is 2.29. The lowest BCUT2D eigenvalue weighted by Crippen LogP contribution is -2.21. The van der Waals surface area contributed by atoms with E-state index in [-0.39, 0.29) is 0 Å². The Hall–Kier alpha value is -2.57. The van der Waals surface area contributed by atoms with Gasteiger partial charge < -0.3 is 9.88 Å². The molecule has 0 fully saturated rings. The number of likely N-dealkylation sites (N-methyl/N-ethyl adjacent to an activating group) is 1. The van der Waals surface area contributed by atoms with E-state index in [9.17, 15) is 0 Å². The lowest BCUT2D eigenvalue weighted by Gasteiger charge is -2.11. The maximum Gasteiger partial charge on any atom is 0.0618 e. The van der Waals surface area contributed by atoms with Crippen molar-refractivity contribution in [3.8, 4) is 11.8 Å². The normalized spacial score (nSPS) is 14.8. The lowest BCUT2D eigenvalue weighted by atomic mass is 10.0. The summed E-state index contributed by atoms with van der Waals surface area (Å²) in [6, 6.07) is 8.37. The standard InChI is InChI=1S/C21H21N3/c1-15-13-17(4-3-16-5-9-22-10-6-16)21-19(14-15)18-7-11-24(2)12-8-20(18)23-21/h5-6,9-10,13-14,23H,7-8,11-12H2,1-2H3. The smallest absolute Gasteiger partial charge is 0.0618 e. The van der Waals surface area contributed by atoms with Crippen LogP contribution >= 0.6 is 0 Å². The average Bonchev–Trinajstić information content (AvgIpc) is 2.83. The summed E-state index contributed by atoms with van der Waals surface area (Å²) >= 11 is 0. The van der Waals surface area contributed by atoms with Crippen molar-refractivity contribution in [3.63, 3.8) is 0 Å². The van der Waals surface area contributed by atoms with Gasteiger partial charge in [0.25, 0.3) is 0 Å². The number of pyridine rings is 1. The van der Waals surface area contributed by atoms with Gasteiger partial charge in [-0.15, -0.1) is 0 Å². The van der Waals surface area contributed by atoms with Gasteiger partial charge in [-0.2, -0.15) is 0 Å². The summed E-state index contributed by atoms with van der Waals surface area (Å²) < 4.78 is 0. The van der Waals surface area contributed by atoms with E-state index in [0.717, 1.165) is 37.1 Å². The van der Waals surface area contributed by atoms with E-state index < -0.39 is 0 Å². The van der Waals surface area contributed by atoms with E-state index in [0.29, 0.717) is 0 Å². The second-order valence-electron chi connectivity index (χ2n) is 6.61. The van der Waals surface area contributed by atoms with Gasteiger partial charge in [-0.05, 0) is 55.8 Å². The number of aromatic nitrogens is 2. The zero-order valence-electron chi connectivity index (χ0n) is 14.2. The van der Waals surface area contributed by atoms with Gasteiger partial charge in [0.2, 0.25) is 0 Å². The van der Waals surface area contributed by atoms with Crippen molar-refractivity contribution in [2.75, 3.05) is 20.1 Å². The Kier molecular flexibility index (Phi) is 3.84. The largest absolute Gasteiger partial charge is 0.357 e. The van der Waals surface area contributed by atoms with Crippen LogP contribution in [0.2, 0.25) is 0 Å². The number of hydrogen-bond donors (Lipinski definition) is 1. The molecule has 0 bridgehead atoms. The average molecular weight is 315 g/mol. The van der Waals surface area contributed by atoms with Crippen LogP contribution in [0.25, 0.3) is 10.9 Å². The van der Waals surface area contributed by atoms with Crippen molar-refractivity contribution in [3.05, 3.63) is 64.6 Å². The number of aryl methyl sites for hydroxylation is 1. The van der Waals surface area contributed by atoms with Crippen LogP contribution in [0.1, 0.15) is 27.9 Å². The van der Waals surface area contributed by atoms with E-state index >= 15 is 0 Å². The zero-order valence-corrected chi connectivity index (χ0v) is 14.2. The summed E-state index contributed by atoms with van der Waals surface area (Å²) in [6.45, 7) is 4.38. The van der Waals surface area contributed by atoms with Crippen LogP contribution in [0.15, 0.2) is 36.7 Å². The van der Waals surface area contributed by atoms with Gasteiger partial charge >= 0.3 is 0 Å². The maximum absolute atomic E-state index is 4.05. The van der Waals surface area contributed by atoms with E-state index in [2.05, 4.69) is 52.8 Å². The molecule has 0 amide bonds. The van der Waals surface area contributed by atoms with Crippen LogP contribution in [-0.2, 0) is 12.8 Å². The summed E-state index contributed by atoms with van der Waals surface area (Å²) in [5, 5.41) is 1.35. The Bertz CT molecular complexity index is 942. The van der Waals surface area contributed by atoms with Crippen LogP contribution in [0.3, 0.4) is 0 Å². The molecule has 0 spiro atoms. The van der Waals surface area contributed by atoms with E-state index in [1.54, 1.807) is 12.4 Å². The first-order valence-electron chi connectivity index (χ1n) is 8.45. The Morgan fingerprint density at radius 2 is 1.88 bits per heavy atom.